The van der Waals surface area contributed by atoms with Crippen LogP contribution in [0.1, 0.15) is 32.1 Å². The van der Waals surface area contributed by atoms with Crippen molar-refractivity contribution in [2.45, 2.75) is 38.1 Å². The first-order valence-electron chi connectivity index (χ1n) is 9.37. The first-order chi connectivity index (χ1) is 11.8. The number of anilines is 1. The fraction of sp³-hybridized carbons (Fsp3) is 0.632. The Kier molecular flexibility index (Phi) is 6.20. The minimum atomic E-state index is 0. The zero-order valence-corrected chi connectivity index (χ0v) is 15.6. The highest BCUT2D eigenvalue weighted by Gasteiger charge is 2.23. The van der Waals surface area contributed by atoms with Crippen molar-refractivity contribution in [3.05, 3.63) is 24.3 Å². The fourth-order valence-electron chi connectivity index (χ4n) is 4.13. The number of halogens is 1. The molecule has 1 aromatic heterocycles. The van der Waals surface area contributed by atoms with Crippen molar-refractivity contribution in [2.24, 2.45) is 11.7 Å². The Morgan fingerprint density at radius 1 is 1.04 bits per heavy atom. The number of para-hydroxylation sites is 1. The van der Waals surface area contributed by atoms with Gasteiger partial charge in [-0.25, -0.2) is 0 Å². The SMILES string of the molecule is Cl.NC1CCC(CCN2CCN(c3noc4ccccc34)CC2)CC1. The topological polar surface area (TPSA) is 58.5 Å². The van der Waals surface area contributed by atoms with Crippen LogP contribution in [0.25, 0.3) is 11.0 Å². The molecule has 1 aliphatic carbocycles. The van der Waals surface area contributed by atoms with E-state index in [-0.39, 0.29) is 12.4 Å². The van der Waals surface area contributed by atoms with Gasteiger partial charge in [-0.05, 0) is 56.7 Å². The van der Waals surface area contributed by atoms with Gasteiger partial charge in [0.1, 0.15) is 0 Å². The average molecular weight is 365 g/mol. The first-order valence-corrected chi connectivity index (χ1v) is 9.37. The van der Waals surface area contributed by atoms with Crippen LogP contribution in [-0.2, 0) is 0 Å². The quantitative estimate of drug-likeness (QED) is 0.902. The lowest BCUT2D eigenvalue weighted by molar-refractivity contribution is 0.216. The van der Waals surface area contributed by atoms with E-state index in [4.69, 9.17) is 10.3 Å². The van der Waals surface area contributed by atoms with Gasteiger partial charge < -0.3 is 15.2 Å². The molecule has 0 bridgehead atoms. The number of fused-ring (bicyclic) bond motifs is 1. The zero-order chi connectivity index (χ0) is 16.4. The van der Waals surface area contributed by atoms with E-state index in [1.165, 1.54) is 38.6 Å². The summed E-state index contributed by atoms with van der Waals surface area (Å²) in [6.07, 6.45) is 6.42. The van der Waals surface area contributed by atoms with Crippen LogP contribution in [0.3, 0.4) is 0 Å². The van der Waals surface area contributed by atoms with Crippen molar-refractivity contribution in [1.82, 2.24) is 10.1 Å². The first kappa shape index (κ1) is 18.5. The van der Waals surface area contributed by atoms with E-state index in [0.29, 0.717) is 6.04 Å². The van der Waals surface area contributed by atoms with Crippen LogP contribution in [0.5, 0.6) is 0 Å². The van der Waals surface area contributed by atoms with Gasteiger partial charge in [0.25, 0.3) is 0 Å². The van der Waals surface area contributed by atoms with E-state index >= 15 is 0 Å². The Labute approximate surface area is 155 Å². The van der Waals surface area contributed by atoms with Crippen LogP contribution in [0.4, 0.5) is 5.82 Å². The monoisotopic (exact) mass is 364 g/mol. The van der Waals surface area contributed by atoms with Gasteiger partial charge >= 0.3 is 0 Å². The lowest BCUT2D eigenvalue weighted by Gasteiger charge is -2.36. The molecule has 1 saturated heterocycles. The number of piperazine rings is 1. The Morgan fingerprint density at radius 3 is 2.52 bits per heavy atom. The Balaban J connectivity index is 0.00000182. The summed E-state index contributed by atoms with van der Waals surface area (Å²) in [5, 5.41) is 5.42. The minimum absolute atomic E-state index is 0. The van der Waals surface area contributed by atoms with Crippen molar-refractivity contribution < 1.29 is 4.52 Å². The van der Waals surface area contributed by atoms with E-state index < -0.39 is 0 Å². The van der Waals surface area contributed by atoms with E-state index in [2.05, 4.69) is 27.1 Å². The van der Waals surface area contributed by atoms with Crippen LogP contribution in [0.15, 0.2) is 28.8 Å². The van der Waals surface area contributed by atoms with Crippen LogP contribution in [0.2, 0.25) is 0 Å². The molecule has 1 aliphatic heterocycles. The van der Waals surface area contributed by atoms with Crippen LogP contribution in [0, 0.1) is 5.92 Å². The molecule has 138 valence electrons. The van der Waals surface area contributed by atoms with E-state index in [1.54, 1.807) is 0 Å². The van der Waals surface area contributed by atoms with Gasteiger partial charge in [-0.15, -0.1) is 12.4 Å². The Bertz CT molecular complexity index is 660. The molecule has 0 atom stereocenters. The third-order valence-electron chi connectivity index (χ3n) is 5.78. The maximum Gasteiger partial charge on any atom is 0.180 e. The molecule has 25 heavy (non-hydrogen) atoms. The number of nitrogens with zero attached hydrogens (tertiary/aromatic N) is 3. The third kappa shape index (κ3) is 4.27. The molecule has 2 heterocycles. The van der Waals surface area contributed by atoms with Crippen LogP contribution >= 0.6 is 12.4 Å². The van der Waals surface area contributed by atoms with Crippen molar-refractivity contribution in [2.75, 3.05) is 37.6 Å². The Morgan fingerprint density at radius 2 is 1.76 bits per heavy atom. The lowest BCUT2D eigenvalue weighted by Crippen LogP contribution is -2.47. The van der Waals surface area contributed by atoms with Crippen molar-refractivity contribution in [3.8, 4) is 0 Å². The normalized spacial score (nSPS) is 25.1. The molecule has 0 radical (unpaired) electrons. The van der Waals surface area contributed by atoms with Gasteiger partial charge in [0, 0.05) is 32.2 Å². The van der Waals surface area contributed by atoms with Crippen molar-refractivity contribution in [3.63, 3.8) is 0 Å². The summed E-state index contributed by atoms with van der Waals surface area (Å²) in [6, 6.07) is 8.59. The number of benzene rings is 1. The summed E-state index contributed by atoms with van der Waals surface area (Å²) < 4.78 is 5.45. The van der Waals surface area contributed by atoms with Gasteiger partial charge in [0.15, 0.2) is 11.4 Å². The maximum atomic E-state index is 6.01. The molecular weight excluding hydrogens is 336 g/mol. The van der Waals surface area contributed by atoms with E-state index in [9.17, 15) is 0 Å². The number of rotatable bonds is 4. The highest BCUT2D eigenvalue weighted by molar-refractivity contribution is 5.88. The molecule has 4 rings (SSSR count). The summed E-state index contributed by atoms with van der Waals surface area (Å²) in [5.74, 6) is 1.90. The standard InChI is InChI=1S/C19H28N4O.ClH/c20-16-7-5-15(6-8-16)9-10-22-11-13-23(14-12-22)19-17-3-1-2-4-18(17)24-21-19;/h1-4,15-16H,5-14,20H2;1H. The van der Waals surface area contributed by atoms with Crippen LogP contribution in [-0.4, -0.2) is 48.8 Å². The molecule has 0 spiro atoms. The Hall–Kier alpha value is -1.30. The van der Waals surface area contributed by atoms with Gasteiger partial charge in [0.05, 0.1) is 5.39 Å². The molecule has 1 saturated carbocycles. The molecule has 2 aromatic rings. The summed E-state index contributed by atoms with van der Waals surface area (Å²) in [4.78, 5) is 4.97. The molecule has 5 nitrogen and oxygen atoms in total. The summed E-state index contributed by atoms with van der Waals surface area (Å²) in [5.41, 5.74) is 6.89. The molecule has 1 aromatic carbocycles. The highest BCUT2D eigenvalue weighted by Crippen LogP contribution is 2.28. The smallest absolute Gasteiger partial charge is 0.180 e. The number of aromatic nitrogens is 1. The number of nitrogens with two attached hydrogens (primary N) is 1. The fourth-order valence-corrected chi connectivity index (χ4v) is 4.13. The second-order valence-electron chi connectivity index (χ2n) is 7.40. The minimum Gasteiger partial charge on any atom is -0.354 e. The molecule has 2 N–H and O–H groups in total. The summed E-state index contributed by atoms with van der Waals surface area (Å²) >= 11 is 0. The second kappa shape index (κ2) is 8.39. The van der Waals surface area contributed by atoms with Gasteiger partial charge in [-0.3, -0.25) is 4.90 Å². The van der Waals surface area contributed by atoms with Crippen molar-refractivity contribution >= 4 is 29.2 Å². The lowest BCUT2D eigenvalue weighted by atomic mass is 9.84. The van der Waals surface area contributed by atoms with Gasteiger partial charge in [-0.1, -0.05) is 17.3 Å². The van der Waals surface area contributed by atoms with Gasteiger partial charge in [-0.2, -0.15) is 0 Å². The maximum absolute atomic E-state index is 6.01. The highest BCUT2D eigenvalue weighted by atomic mass is 35.5. The van der Waals surface area contributed by atoms with Gasteiger partial charge in [0.2, 0.25) is 0 Å². The molecule has 2 aliphatic rings. The summed E-state index contributed by atoms with van der Waals surface area (Å²) in [6.45, 7) is 5.53. The van der Waals surface area contributed by atoms with Crippen molar-refractivity contribution in [1.29, 1.82) is 0 Å². The van der Waals surface area contributed by atoms with Crippen LogP contribution < -0.4 is 10.6 Å². The summed E-state index contributed by atoms with van der Waals surface area (Å²) in [7, 11) is 0. The number of hydrogen-bond donors (Lipinski definition) is 1. The molecule has 0 amide bonds. The van der Waals surface area contributed by atoms with E-state index in [0.717, 1.165) is 48.9 Å². The predicted octanol–water partition coefficient (Wildman–Crippen LogP) is 3.28. The average Bonchev–Trinajstić information content (AvgIpc) is 3.06. The van der Waals surface area contributed by atoms with E-state index in [1.807, 2.05) is 12.1 Å². The number of hydrogen-bond acceptors (Lipinski definition) is 5. The second-order valence-corrected chi connectivity index (χ2v) is 7.40. The largest absolute Gasteiger partial charge is 0.354 e. The molecule has 6 heteroatoms. The predicted molar refractivity (Wildman–Crippen MR) is 104 cm³/mol. The molecule has 2 fully saturated rings. The zero-order valence-electron chi connectivity index (χ0n) is 14.8. The third-order valence-corrected chi connectivity index (χ3v) is 5.78. The molecular formula is C19H29ClN4O. The molecule has 0 unspecified atom stereocenters.